The topological polar surface area (TPSA) is 75.1 Å². The fourth-order valence-corrected chi connectivity index (χ4v) is 3.05. The Kier molecular flexibility index (Phi) is 4.95. The van der Waals surface area contributed by atoms with E-state index < -0.39 is 17.5 Å². The molecule has 1 atom stereocenters. The standard InChI is InChI=1S/C18H18F3N3O2/c1-10-7-14(13-5-4-12(8-15(13)25)18(19,20)21)23-24-16(10)17(26)11-3-2-6-22-9-11/h4-5,7-8,11,22,25H,2-3,6,9H2,1H3. The van der Waals surface area contributed by atoms with Crippen molar-refractivity contribution in [1.29, 1.82) is 0 Å². The fourth-order valence-electron chi connectivity index (χ4n) is 3.05. The van der Waals surface area contributed by atoms with Gasteiger partial charge in [0, 0.05) is 18.0 Å². The molecule has 1 fully saturated rings. The second-order valence-electron chi connectivity index (χ2n) is 6.40. The number of ketones is 1. The van der Waals surface area contributed by atoms with Crippen LogP contribution in [0.15, 0.2) is 24.3 Å². The number of piperidine rings is 1. The first-order chi connectivity index (χ1) is 12.3. The highest BCUT2D eigenvalue weighted by Crippen LogP contribution is 2.36. The van der Waals surface area contributed by atoms with Crippen molar-refractivity contribution in [1.82, 2.24) is 15.5 Å². The molecule has 26 heavy (non-hydrogen) atoms. The van der Waals surface area contributed by atoms with Gasteiger partial charge in [-0.2, -0.15) is 13.2 Å². The van der Waals surface area contributed by atoms with E-state index in [2.05, 4.69) is 15.5 Å². The molecule has 1 aromatic heterocycles. The van der Waals surface area contributed by atoms with Crippen LogP contribution in [0.5, 0.6) is 5.75 Å². The van der Waals surface area contributed by atoms with Gasteiger partial charge in [-0.1, -0.05) is 0 Å². The number of aryl methyl sites for hydroxylation is 1. The number of halogens is 3. The first-order valence-electron chi connectivity index (χ1n) is 8.27. The lowest BCUT2D eigenvalue weighted by molar-refractivity contribution is -0.137. The third-order valence-electron chi connectivity index (χ3n) is 4.49. The number of aromatic hydroxyl groups is 1. The third kappa shape index (κ3) is 3.70. The van der Waals surface area contributed by atoms with Crippen molar-refractivity contribution in [2.24, 2.45) is 5.92 Å². The Balaban J connectivity index is 1.89. The highest BCUT2D eigenvalue weighted by molar-refractivity contribution is 5.97. The largest absolute Gasteiger partial charge is 0.507 e. The van der Waals surface area contributed by atoms with Gasteiger partial charge in [0.2, 0.25) is 0 Å². The Bertz CT molecular complexity index is 831. The number of nitrogens with one attached hydrogen (secondary N) is 1. The summed E-state index contributed by atoms with van der Waals surface area (Å²) < 4.78 is 38.1. The van der Waals surface area contributed by atoms with Gasteiger partial charge in [0.25, 0.3) is 0 Å². The number of hydrogen-bond acceptors (Lipinski definition) is 5. The number of aromatic nitrogens is 2. The SMILES string of the molecule is Cc1cc(-c2ccc(C(F)(F)F)cc2O)nnc1C(=O)C1CCCNC1. The summed E-state index contributed by atoms with van der Waals surface area (Å²) in [5.74, 6) is -0.781. The number of rotatable bonds is 3. The predicted octanol–water partition coefficient (Wildman–Crippen LogP) is 3.36. The Morgan fingerprint density at radius 1 is 1.27 bits per heavy atom. The van der Waals surface area contributed by atoms with Crippen molar-refractivity contribution >= 4 is 5.78 Å². The first-order valence-corrected chi connectivity index (χ1v) is 8.27. The predicted molar refractivity (Wildman–Crippen MR) is 88.8 cm³/mol. The summed E-state index contributed by atoms with van der Waals surface area (Å²) in [6, 6.07) is 4.23. The molecule has 138 valence electrons. The van der Waals surface area contributed by atoms with Crippen molar-refractivity contribution < 1.29 is 23.1 Å². The number of phenolic OH excluding ortho intramolecular Hbond substituents is 1. The number of carbonyl (C=O) groups excluding carboxylic acids is 1. The smallest absolute Gasteiger partial charge is 0.416 e. The van der Waals surface area contributed by atoms with Crippen molar-refractivity contribution in [3.63, 3.8) is 0 Å². The minimum Gasteiger partial charge on any atom is -0.507 e. The van der Waals surface area contributed by atoms with Crippen molar-refractivity contribution in [3.8, 4) is 17.0 Å². The third-order valence-corrected chi connectivity index (χ3v) is 4.49. The van der Waals surface area contributed by atoms with Crippen LogP contribution in [0.4, 0.5) is 13.2 Å². The molecule has 0 spiro atoms. The van der Waals surface area contributed by atoms with E-state index in [4.69, 9.17) is 0 Å². The van der Waals surface area contributed by atoms with Crippen molar-refractivity contribution in [3.05, 3.63) is 41.1 Å². The summed E-state index contributed by atoms with van der Waals surface area (Å²) >= 11 is 0. The summed E-state index contributed by atoms with van der Waals surface area (Å²) in [4.78, 5) is 12.6. The molecule has 0 saturated carbocycles. The maximum atomic E-state index is 12.7. The maximum Gasteiger partial charge on any atom is 0.416 e. The van der Waals surface area contributed by atoms with E-state index >= 15 is 0 Å². The highest BCUT2D eigenvalue weighted by atomic mass is 19.4. The number of nitrogens with zero attached hydrogens (tertiary/aromatic N) is 2. The number of hydrogen-bond donors (Lipinski definition) is 2. The number of carbonyl (C=O) groups is 1. The highest BCUT2D eigenvalue weighted by Gasteiger charge is 2.31. The molecule has 2 aromatic rings. The van der Waals surface area contributed by atoms with E-state index in [1.54, 1.807) is 13.0 Å². The lowest BCUT2D eigenvalue weighted by atomic mass is 9.92. The minimum atomic E-state index is -4.54. The van der Waals surface area contributed by atoms with E-state index in [1.165, 1.54) is 0 Å². The molecule has 2 N–H and O–H groups in total. The quantitative estimate of drug-likeness (QED) is 0.816. The molecular weight excluding hydrogens is 347 g/mol. The maximum absolute atomic E-state index is 12.7. The molecule has 1 saturated heterocycles. The number of alkyl halides is 3. The van der Waals surface area contributed by atoms with E-state index in [0.29, 0.717) is 18.2 Å². The monoisotopic (exact) mass is 365 g/mol. The van der Waals surface area contributed by atoms with Gasteiger partial charge >= 0.3 is 6.18 Å². The zero-order valence-corrected chi connectivity index (χ0v) is 14.1. The Morgan fingerprint density at radius 2 is 2.04 bits per heavy atom. The van der Waals surface area contributed by atoms with E-state index in [0.717, 1.165) is 31.5 Å². The van der Waals surface area contributed by atoms with Crippen LogP contribution in [0.1, 0.15) is 34.5 Å². The van der Waals surface area contributed by atoms with Gasteiger partial charge in [-0.3, -0.25) is 4.79 Å². The van der Waals surface area contributed by atoms with Gasteiger partial charge in [0.05, 0.1) is 11.3 Å². The van der Waals surface area contributed by atoms with Crippen LogP contribution in [0.3, 0.4) is 0 Å². The Labute approximate surface area is 148 Å². The lowest BCUT2D eigenvalue weighted by Gasteiger charge is -2.21. The molecule has 3 rings (SSSR count). The van der Waals surface area contributed by atoms with Crippen LogP contribution in [0.2, 0.25) is 0 Å². The fraction of sp³-hybridized carbons (Fsp3) is 0.389. The summed E-state index contributed by atoms with van der Waals surface area (Å²) in [6.45, 7) is 3.19. The minimum absolute atomic E-state index is 0.0922. The number of benzene rings is 1. The molecule has 8 heteroatoms. The lowest BCUT2D eigenvalue weighted by Crippen LogP contribution is -2.35. The van der Waals surface area contributed by atoms with E-state index in [1.807, 2.05) is 0 Å². The van der Waals surface area contributed by atoms with Gasteiger partial charge in [-0.25, -0.2) is 0 Å². The number of Topliss-reactive ketones (excluding diaryl/α,β-unsaturated/α-hetero) is 1. The summed E-state index contributed by atoms with van der Waals surface area (Å²) in [6.07, 6.45) is -2.84. The van der Waals surface area contributed by atoms with Crippen LogP contribution in [0, 0.1) is 12.8 Å². The molecule has 0 amide bonds. The average molecular weight is 365 g/mol. The molecule has 0 aliphatic carbocycles. The van der Waals surface area contributed by atoms with Crippen LogP contribution < -0.4 is 5.32 Å². The van der Waals surface area contributed by atoms with Gasteiger partial charge in [-0.05, 0) is 56.1 Å². The molecular formula is C18H18F3N3O2. The Hall–Kier alpha value is -2.48. The number of phenols is 1. The zero-order valence-electron chi connectivity index (χ0n) is 14.1. The molecule has 1 aliphatic rings. The van der Waals surface area contributed by atoms with Gasteiger partial charge < -0.3 is 10.4 Å². The molecule has 0 radical (unpaired) electrons. The van der Waals surface area contributed by atoms with Crippen LogP contribution >= 0.6 is 0 Å². The van der Waals surface area contributed by atoms with E-state index in [9.17, 15) is 23.1 Å². The molecule has 1 aromatic carbocycles. The van der Waals surface area contributed by atoms with Crippen molar-refractivity contribution in [2.75, 3.05) is 13.1 Å². The van der Waals surface area contributed by atoms with Crippen molar-refractivity contribution in [2.45, 2.75) is 25.9 Å². The molecule has 0 bridgehead atoms. The second kappa shape index (κ2) is 7.03. The summed E-state index contributed by atoms with van der Waals surface area (Å²) in [7, 11) is 0. The van der Waals surface area contributed by atoms with Gasteiger partial charge in [0.1, 0.15) is 11.4 Å². The van der Waals surface area contributed by atoms with Crippen LogP contribution in [-0.2, 0) is 6.18 Å². The molecule has 1 unspecified atom stereocenters. The molecule has 2 heterocycles. The van der Waals surface area contributed by atoms with Gasteiger partial charge in [-0.15, -0.1) is 10.2 Å². The average Bonchev–Trinajstić information content (AvgIpc) is 2.61. The molecule has 1 aliphatic heterocycles. The summed E-state index contributed by atoms with van der Waals surface area (Å²) in [5, 5.41) is 21.0. The van der Waals surface area contributed by atoms with Crippen LogP contribution in [-0.4, -0.2) is 34.2 Å². The van der Waals surface area contributed by atoms with E-state index in [-0.39, 0.29) is 28.7 Å². The van der Waals surface area contributed by atoms with Gasteiger partial charge in [0.15, 0.2) is 5.78 Å². The Morgan fingerprint density at radius 3 is 2.62 bits per heavy atom. The normalized spacial score (nSPS) is 17.9. The summed E-state index contributed by atoms with van der Waals surface area (Å²) in [5.41, 5.74) is 0.234. The van der Waals surface area contributed by atoms with Crippen LogP contribution in [0.25, 0.3) is 11.3 Å². The molecule has 5 nitrogen and oxygen atoms in total. The first kappa shape index (κ1) is 18.3. The zero-order chi connectivity index (χ0) is 18.9. The second-order valence-corrected chi connectivity index (χ2v) is 6.40.